The third-order valence-corrected chi connectivity index (χ3v) is 5.91. The van der Waals surface area contributed by atoms with Gasteiger partial charge in [-0.2, -0.15) is 4.99 Å². The molecule has 28 heavy (non-hydrogen) atoms. The van der Waals surface area contributed by atoms with Crippen molar-refractivity contribution in [3.05, 3.63) is 100 Å². The van der Waals surface area contributed by atoms with E-state index in [1.807, 2.05) is 60.7 Å². The van der Waals surface area contributed by atoms with Crippen LogP contribution < -0.4 is 4.80 Å². The number of aryl methyl sites for hydroxylation is 2. The van der Waals surface area contributed by atoms with Gasteiger partial charge in [0, 0.05) is 6.54 Å². The van der Waals surface area contributed by atoms with Gasteiger partial charge in [0.15, 0.2) is 4.80 Å². The highest BCUT2D eigenvalue weighted by atomic mass is 32.1. The second-order valence-electron chi connectivity index (χ2n) is 6.80. The average Bonchev–Trinajstić information content (AvgIpc) is 3.05. The minimum Gasteiger partial charge on any atom is -0.317 e. The molecule has 1 aromatic heterocycles. The number of thiazole rings is 1. The van der Waals surface area contributed by atoms with Gasteiger partial charge in [0.25, 0.3) is 5.91 Å². The van der Waals surface area contributed by atoms with Crippen LogP contribution in [-0.4, -0.2) is 10.5 Å². The smallest absolute Gasteiger partial charge is 0.260 e. The Kier molecular flexibility index (Phi) is 5.22. The van der Waals surface area contributed by atoms with E-state index in [0.717, 1.165) is 32.7 Å². The van der Waals surface area contributed by atoms with Crippen LogP contribution in [-0.2, 0) is 11.3 Å². The fourth-order valence-electron chi connectivity index (χ4n) is 3.50. The van der Waals surface area contributed by atoms with Crippen LogP contribution in [0.4, 0.5) is 0 Å². The van der Waals surface area contributed by atoms with Crippen LogP contribution in [0, 0.1) is 6.92 Å². The summed E-state index contributed by atoms with van der Waals surface area (Å²) in [5, 5.41) is 0. The molecular formula is C24H22N2OS. The summed E-state index contributed by atoms with van der Waals surface area (Å²) in [6.45, 7) is 4.94. The quantitative estimate of drug-likeness (QED) is 0.469. The van der Waals surface area contributed by atoms with Gasteiger partial charge >= 0.3 is 0 Å². The van der Waals surface area contributed by atoms with E-state index >= 15 is 0 Å². The zero-order valence-corrected chi connectivity index (χ0v) is 16.8. The van der Waals surface area contributed by atoms with E-state index in [0.29, 0.717) is 0 Å². The highest BCUT2D eigenvalue weighted by molar-refractivity contribution is 7.16. The van der Waals surface area contributed by atoms with E-state index in [1.165, 1.54) is 5.56 Å². The van der Waals surface area contributed by atoms with Crippen LogP contribution in [0.1, 0.15) is 29.5 Å². The summed E-state index contributed by atoms with van der Waals surface area (Å²) >= 11 is 1.57. The summed E-state index contributed by atoms with van der Waals surface area (Å²) in [6, 6.07) is 26.1. The molecule has 0 saturated heterocycles. The zero-order chi connectivity index (χ0) is 19.5. The van der Waals surface area contributed by atoms with Crippen LogP contribution in [0.5, 0.6) is 0 Å². The molecule has 0 spiro atoms. The maximum Gasteiger partial charge on any atom is 0.260 e. The molecule has 0 aliphatic heterocycles. The standard InChI is InChI=1S/C24H22N2OS/c1-3-26-20-15-14-17(2)16-21(20)28-24(26)25-23(27)22(18-10-6-4-7-11-18)19-12-8-5-9-13-19/h4-16,22H,3H2,1-2H3. The molecule has 1 amide bonds. The summed E-state index contributed by atoms with van der Waals surface area (Å²) in [7, 11) is 0. The fourth-order valence-corrected chi connectivity index (χ4v) is 4.70. The lowest BCUT2D eigenvalue weighted by Crippen LogP contribution is -2.19. The highest BCUT2D eigenvalue weighted by Crippen LogP contribution is 2.26. The summed E-state index contributed by atoms with van der Waals surface area (Å²) in [6.07, 6.45) is 0. The van der Waals surface area contributed by atoms with Crippen LogP contribution in [0.2, 0.25) is 0 Å². The number of benzene rings is 3. The number of fused-ring (bicyclic) bond motifs is 1. The molecular weight excluding hydrogens is 364 g/mol. The minimum atomic E-state index is -0.403. The molecule has 4 heteroatoms. The molecule has 0 aliphatic carbocycles. The first-order valence-corrected chi connectivity index (χ1v) is 10.3. The molecule has 1 heterocycles. The molecule has 0 radical (unpaired) electrons. The van der Waals surface area contributed by atoms with E-state index in [4.69, 9.17) is 0 Å². The van der Waals surface area contributed by atoms with Gasteiger partial charge in [0.1, 0.15) is 0 Å². The Bertz CT molecular complexity index is 1130. The molecule has 4 aromatic rings. The third kappa shape index (κ3) is 3.56. The number of nitrogens with zero attached hydrogens (tertiary/aromatic N) is 2. The Hall–Kier alpha value is -2.98. The monoisotopic (exact) mass is 386 g/mol. The summed E-state index contributed by atoms with van der Waals surface area (Å²) < 4.78 is 3.27. The number of aromatic nitrogens is 1. The Morgan fingerprint density at radius 3 is 2.14 bits per heavy atom. The van der Waals surface area contributed by atoms with Gasteiger partial charge in [-0.3, -0.25) is 4.79 Å². The Labute approximate surface area is 168 Å². The molecule has 0 atom stereocenters. The third-order valence-electron chi connectivity index (χ3n) is 4.87. The predicted molar refractivity (Wildman–Crippen MR) is 116 cm³/mol. The SMILES string of the molecule is CCn1c(=NC(=O)C(c2ccccc2)c2ccccc2)sc2cc(C)ccc21. The van der Waals surface area contributed by atoms with Crippen molar-refractivity contribution in [3.8, 4) is 0 Å². The lowest BCUT2D eigenvalue weighted by Gasteiger charge is -2.14. The van der Waals surface area contributed by atoms with Crippen LogP contribution in [0.25, 0.3) is 10.2 Å². The van der Waals surface area contributed by atoms with Gasteiger partial charge in [-0.25, -0.2) is 0 Å². The Morgan fingerprint density at radius 2 is 1.57 bits per heavy atom. The normalized spacial score (nSPS) is 12.0. The molecule has 140 valence electrons. The number of hydrogen-bond donors (Lipinski definition) is 0. The molecule has 0 bridgehead atoms. The topological polar surface area (TPSA) is 34.4 Å². The maximum absolute atomic E-state index is 13.4. The van der Waals surface area contributed by atoms with Crippen molar-refractivity contribution in [2.24, 2.45) is 4.99 Å². The van der Waals surface area contributed by atoms with Crippen molar-refractivity contribution in [2.75, 3.05) is 0 Å². The molecule has 0 aliphatic rings. The van der Waals surface area contributed by atoms with E-state index < -0.39 is 5.92 Å². The summed E-state index contributed by atoms with van der Waals surface area (Å²) in [5.74, 6) is -0.539. The van der Waals surface area contributed by atoms with E-state index in [2.05, 4.69) is 41.6 Å². The zero-order valence-electron chi connectivity index (χ0n) is 16.0. The minimum absolute atomic E-state index is 0.136. The van der Waals surface area contributed by atoms with Crippen molar-refractivity contribution in [1.29, 1.82) is 0 Å². The van der Waals surface area contributed by atoms with Crippen molar-refractivity contribution < 1.29 is 4.79 Å². The number of rotatable bonds is 4. The number of amides is 1. The van der Waals surface area contributed by atoms with E-state index in [9.17, 15) is 4.79 Å². The van der Waals surface area contributed by atoms with Crippen LogP contribution in [0.15, 0.2) is 83.9 Å². The second-order valence-corrected chi connectivity index (χ2v) is 7.81. The summed E-state index contributed by atoms with van der Waals surface area (Å²) in [5.41, 5.74) is 4.26. The Balaban J connectivity index is 1.85. The van der Waals surface area contributed by atoms with Gasteiger partial charge < -0.3 is 4.57 Å². The first kappa shape index (κ1) is 18.4. The molecule has 3 aromatic carbocycles. The number of carbonyl (C=O) groups is 1. The molecule has 0 N–H and O–H groups in total. The van der Waals surface area contributed by atoms with Crippen molar-refractivity contribution in [2.45, 2.75) is 26.3 Å². The van der Waals surface area contributed by atoms with Gasteiger partial charge in [-0.05, 0) is 42.7 Å². The van der Waals surface area contributed by atoms with Crippen molar-refractivity contribution >= 4 is 27.5 Å². The van der Waals surface area contributed by atoms with E-state index in [1.54, 1.807) is 11.3 Å². The van der Waals surface area contributed by atoms with Gasteiger partial charge in [-0.1, -0.05) is 78.1 Å². The highest BCUT2D eigenvalue weighted by Gasteiger charge is 2.22. The first-order valence-electron chi connectivity index (χ1n) is 9.46. The largest absolute Gasteiger partial charge is 0.317 e. The van der Waals surface area contributed by atoms with E-state index in [-0.39, 0.29) is 5.91 Å². The number of hydrogen-bond acceptors (Lipinski definition) is 2. The average molecular weight is 387 g/mol. The Morgan fingerprint density at radius 1 is 0.964 bits per heavy atom. The molecule has 4 rings (SSSR count). The van der Waals surface area contributed by atoms with Gasteiger partial charge in [0.05, 0.1) is 16.1 Å². The van der Waals surface area contributed by atoms with Crippen LogP contribution in [0.3, 0.4) is 0 Å². The lowest BCUT2D eigenvalue weighted by molar-refractivity contribution is -0.118. The van der Waals surface area contributed by atoms with Crippen molar-refractivity contribution in [1.82, 2.24) is 4.57 Å². The van der Waals surface area contributed by atoms with Gasteiger partial charge in [0.2, 0.25) is 0 Å². The van der Waals surface area contributed by atoms with Gasteiger partial charge in [-0.15, -0.1) is 0 Å². The molecule has 0 unspecified atom stereocenters. The summed E-state index contributed by atoms with van der Waals surface area (Å²) in [4.78, 5) is 18.7. The lowest BCUT2D eigenvalue weighted by atomic mass is 9.91. The number of carbonyl (C=O) groups excluding carboxylic acids is 1. The maximum atomic E-state index is 13.4. The molecule has 0 fully saturated rings. The second kappa shape index (κ2) is 7.95. The molecule has 0 saturated carbocycles. The fraction of sp³-hybridized carbons (Fsp3) is 0.167. The first-order chi connectivity index (χ1) is 13.7. The predicted octanol–water partition coefficient (Wildman–Crippen LogP) is 5.29. The van der Waals surface area contributed by atoms with Crippen molar-refractivity contribution in [3.63, 3.8) is 0 Å². The molecule has 3 nitrogen and oxygen atoms in total. The van der Waals surface area contributed by atoms with Crippen LogP contribution >= 0.6 is 11.3 Å².